The normalized spacial score (nSPS) is 14.8. The Morgan fingerprint density at radius 3 is 2.51 bits per heavy atom. The molecule has 4 aromatic rings. The van der Waals surface area contributed by atoms with Crippen molar-refractivity contribution in [3.63, 3.8) is 0 Å². The van der Waals surface area contributed by atoms with Crippen LogP contribution in [0.15, 0.2) is 66.0 Å². The highest BCUT2D eigenvalue weighted by atomic mass is 32.2. The number of ketones is 1. The molecular formula is C25H22F3N5O3S. The third-order valence-corrected chi connectivity index (χ3v) is 7.83. The van der Waals surface area contributed by atoms with E-state index in [1.165, 1.54) is 30.6 Å². The number of benzene rings is 2. The zero-order valence-corrected chi connectivity index (χ0v) is 20.2. The number of nitrogen functional groups attached to an aromatic ring is 1. The lowest BCUT2D eigenvalue weighted by Gasteiger charge is -2.12. The fraction of sp³-hybridized carbons (Fsp3) is 0.240. The van der Waals surface area contributed by atoms with E-state index in [0.717, 1.165) is 43.9 Å². The lowest BCUT2D eigenvalue weighted by molar-refractivity contribution is -0.137. The van der Waals surface area contributed by atoms with Gasteiger partial charge in [0.05, 0.1) is 21.4 Å². The van der Waals surface area contributed by atoms with Crippen molar-refractivity contribution in [1.82, 2.24) is 14.5 Å². The fourth-order valence-corrected chi connectivity index (χ4v) is 5.77. The second-order valence-electron chi connectivity index (χ2n) is 8.89. The van der Waals surface area contributed by atoms with Crippen molar-refractivity contribution in [2.24, 2.45) is 0 Å². The molecule has 12 heteroatoms. The average Bonchev–Trinajstić information content (AvgIpc) is 3.52. The number of aromatic nitrogens is 3. The summed E-state index contributed by atoms with van der Waals surface area (Å²) in [5, 5.41) is 0.425. The van der Waals surface area contributed by atoms with Crippen LogP contribution in [0, 0.1) is 0 Å². The number of fused-ring (bicyclic) bond motifs is 1. The molecule has 0 amide bonds. The van der Waals surface area contributed by atoms with Crippen molar-refractivity contribution in [1.29, 1.82) is 0 Å². The van der Waals surface area contributed by atoms with Gasteiger partial charge in [-0.25, -0.2) is 18.4 Å². The molecule has 0 aliphatic heterocycles. The molecule has 0 unspecified atom stereocenters. The van der Waals surface area contributed by atoms with Crippen LogP contribution in [0.3, 0.4) is 0 Å². The molecule has 192 valence electrons. The second kappa shape index (κ2) is 9.18. The number of halogens is 3. The molecular weight excluding hydrogens is 507 g/mol. The minimum Gasteiger partial charge on any atom is -0.383 e. The Labute approximate surface area is 210 Å². The maximum atomic E-state index is 13.6. The summed E-state index contributed by atoms with van der Waals surface area (Å²) in [4.78, 5) is 21.4. The van der Waals surface area contributed by atoms with Gasteiger partial charge < -0.3 is 10.3 Å². The van der Waals surface area contributed by atoms with Gasteiger partial charge in [0.15, 0.2) is 5.78 Å². The zero-order chi connectivity index (χ0) is 26.4. The third-order valence-electron chi connectivity index (χ3n) is 6.45. The van der Waals surface area contributed by atoms with Crippen LogP contribution in [0.25, 0.3) is 11.0 Å². The first kappa shape index (κ1) is 24.8. The predicted molar refractivity (Wildman–Crippen MR) is 132 cm³/mol. The summed E-state index contributed by atoms with van der Waals surface area (Å²) in [6, 6.07) is 9.33. The Kier molecular flexibility index (Phi) is 6.14. The molecule has 2 aromatic heterocycles. The van der Waals surface area contributed by atoms with Crippen LogP contribution in [0.1, 0.15) is 53.2 Å². The molecule has 0 radical (unpaired) electrons. The number of nitrogens with two attached hydrogens (primary N) is 1. The molecule has 2 aromatic carbocycles. The number of hydrogen-bond acceptors (Lipinski definition) is 6. The zero-order valence-electron chi connectivity index (χ0n) is 19.4. The summed E-state index contributed by atoms with van der Waals surface area (Å²) in [5.41, 5.74) is 6.07. The molecule has 1 fully saturated rings. The van der Waals surface area contributed by atoms with Crippen LogP contribution in [0.4, 0.5) is 24.7 Å². The lowest BCUT2D eigenvalue weighted by Crippen LogP contribution is -2.15. The predicted octanol–water partition coefficient (Wildman–Crippen LogP) is 5.18. The Balaban J connectivity index is 1.49. The summed E-state index contributed by atoms with van der Waals surface area (Å²) in [5.74, 6) is -0.255. The van der Waals surface area contributed by atoms with Crippen molar-refractivity contribution >= 4 is 38.3 Å². The SMILES string of the molecule is Nc1ncnc2c1c(C(=O)c1cccc(NS(=O)(=O)c3cccc(C(F)(F)F)c3)c1)cn2C1CCCC1. The molecule has 1 aliphatic rings. The summed E-state index contributed by atoms with van der Waals surface area (Å²) in [7, 11) is -4.36. The number of carbonyl (C=O) groups excluding carboxylic acids is 1. The highest BCUT2D eigenvalue weighted by Gasteiger charge is 2.32. The van der Waals surface area contributed by atoms with Gasteiger partial charge in [0.25, 0.3) is 10.0 Å². The van der Waals surface area contributed by atoms with Gasteiger partial charge in [-0.2, -0.15) is 13.2 Å². The Morgan fingerprint density at radius 2 is 1.78 bits per heavy atom. The van der Waals surface area contributed by atoms with Crippen LogP contribution in [0.5, 0.6) is 0 Å². The first-order chi connectivity index (χ1) is 17.5. The largest absolute Gasteiger partial charge is 0.416 e. The molecule has 37 heavy (non-hydrogen) atoms. The number of rotatable bonds is 6. The van der Waals surface area contributed by atoms with Gasteiger partial charge in [-0.05, 0) is 43.2 Å². The van der Waals surface area contributed by atoms with E-state index in [1.54, 1.807) is 6.20 Å². The van der Waals surface area contributed by atoms with E-state index < -0.39 is 32.4 Å². The molecule has 8 nitrogen and oxygen atoms in total. The van der Waals surface area contributed by atoms with E-state index in [9.17, 15) is 26.4 Å². The number of nitrogens with zero attached hydrogens (tertiary/aromatic N) is 3. The Morgan fingerprint density at radius 1 is 1.05 bits per heavy atom. The van der Waals surface area contributed by atoms with Crippen molar-refractivity contribution in [3.8, 4) is 0 Å². The van der Waals surface area contributed by atoms with Crippen LogP contribution in [0.2, 0.25) is 0 Å². The van der Waals surface area contributed by atoms with Gasteiger partial charge in [-0.1, -0.05) is 31.0 Å². The van der Waals surface area contributed by atoms with E-state index in [0.29, 0.717) is 17.1 Å². The van der Waals surface area contributed by atoms with E-state index in [2.05, 4.69) is 14.7 Å². The summed E-state index contributed by atoms with van der Waals surface area (Å²) in [6.45, 7) is 0. The molecule has 1 aliphatic carbocycles. The van der Waals surface area contributed by atoms with Crippen LogP contribution in [-0.4, -0.2) is 28.7 Å². The Bertz CT molecular complexity index is 1610. The summed E-state index contributed by atoms with van der Waals surface area (Å²) < 4.78 is 69.0. The molecule has 0 saturated heterocycles. The quantitative estimate of drug-likeness (QED) is 0.332. The summed E-state index contributed by atoms with van der Waals surface area (Å²) in [6.07, 6.45) is 2.42. The van der Waals surface area contributed by atoms with Gasteiger partial charge in [0.2, 0.25) is 0 Å². The first-order valence-electron chi connectivity index (χ1n) is 11.5. The molecule has 1 saturated carbocycles. The van der Waals surface area contributed by atoms with Gasteiger partial charge in [0, 0.05) is 23.5 Å². The maximum Gasteiger partial charge on any atom is 0.416 e. The number of carbonyl (C=O) groups is 1. The van der Waals surface area contributed by atoms with Crippen molar-refractivity contribution in [2.45, 2.75) is 42.8 Å². The summed E-state index contributed by atoms with van der Waals surface area (Å²) >= 11 is 0. The van der Waals surface area contributed by atoms with Gasteiger partial charge in [-0.15, -0.1) is 0 Å². The third kappa shape index (κ3) is 4.76. The topological polar surface area (TPSA) is 120 Å². The van der Waals surface area contributed by atoms with E-state index >= 15 is 0 Å². The number of hydrogen-bond donors (Lipinski definition) is 2. The molecule has 3 N–H and O–H groups in total. The lowest BCUT2D eigenvalue weighted by atomic mass is 10.0. The molecule has 5 rings (SSSR count). The van der Waals surface area contributed by atoms with Crippen molar-refractivity contribution in [3.05, 3.63) is 77.7 Å². The average molecular weight is 530 g/mol. The highest BCUT2D eigenvalue weighted by Crippen LogP contribution is 2.36. The fourth-order valence-electron chi connectivity index (χ4n) is 4.67. The van der Waals surface area contributed by atoms with E-state index in [1.807, 2.05) is 4.57 Å². The minimum atomic E-state index is -4.69. The number of alkyl halides is 3. The molecule has 2 heterocycles. The smallest absolute Gasteiger partial charge is 0.383 e. The van der Waals surface area contributed by atoms with Crippen molar-refractivity contribution < 1.29 is 26.4 Å². The number of nitrogens with one attached hydrogen (secondary N) is 1. The Hall–Kier alpha value is -3.93. The molecule has 0 spiro atoms. The maximum absolute atomic E-state index is 13.6. The minimum absolute atomic E-state index is 0.0204. The standard InChI is InChI=1S/C25H22F3N5O3S/c26-25(27,28)16-6-4-10-19(12-16)37(35,36)32-17-7-3-5-15(11-17)22(34)20-13-33(18-8-1-2-9-18)24-21(20)23(29)30-14-31-24/h3-7,10-14,18,32H,1-2,8-9H2,(H2,29,30,31). The second-order valence-corrected chi connectivity index (χ2v) is 10.6. The molecule has 0 bridgehead atoms. The van der Waals surface area contributed by atoms with Gasteiger partial charge in [0.1, 0.15) is 17.8 Å². The highest BCUT2D eigenvalue weighted by molar-refractivity contribution is 7.92. The number of anilines is 2. The van der Waals surface area contributed by atoms with Crippen LogP contribution in [-0.2, 0) is 16.2 Å². The first-order valence-corrected chi connectivity index (χ1v) is 13.0. The number of sulfonamides is 1. The van der Waals surface area contributed by atoms with Crippen LogP contribution >= 0.6 is 0 Å². The van der Waals surface area contributed by atoms with E-state index in [4.69, 9.17) is 5.73 Å². The van der Waals surface area contributed by atoms with Crippen LogP contribution < -0.4 is 10.5 Å². The van der Waals surface area contributed by atoms with Gasteiger partial charge >= 0.3 is 6.18 Å². The van der Waals surface area contributed by atoms with Gasteiger partial charge in [-0.3, -0.25) is 9.52 Å². The van der Waals surface area contributed by atoms with Crippen molar-refractivity contribution in [2.75, 3.05) is 10.5 Å². The molecule has 0 atom stereocenters. The van der Waals surface area contributed by atoms with E-state index in [-0.39, 0.29) is 28.7 Å². The monoisotopic (exact) mass is 529 g/mol.